The zero-order valence-corrected chi connectivity index (χ0v) is 17.6. The number of hydrogen-bond donors (Lipinski definition) is 2. The normalized spacial score (nSPS) is 22.6. The van der Waals surface area contributed by atoms with E-state index in [2.05, 4.69) is 29.6 Å². The van der Waals surface area contributed by atoms with E-state index >= 15 is 0 Å². The topological polar surface area (TPSA) is 85.1 Å². The number of nitrogens with two attached hydrogens (primary N) is 1. The van der Waals surface area contributed by atoms with Gasteiger partial charge in [-0.05, 0) is 50.5 Å². The van der Waals surface area contributed by atoms with Crippen LogP contribution in [0.5, 0.6) is 0 Å². The van der Waals surface area contributed by atoms with E-state index in [4.69, 9.17) is 10.1 Å². The molecule has 0 spiro atoms. The Bertz CT molecular complexity index is 903. The second-order valence-corrected chi connectivity index (χ2v) is 11.4. The van der Waals surface area contributed by atoms with Crippen molar-refractivity contribution in [2.24, 2.45) is 11.1 Å². The van der Waals surface area contributed by atoms with Gasteiger partial charge in [0.2, 0.25) is 10.0 Å². The number of nitrogens with one attached hydrogen (secondary N) is 1. The first-order valence-corrected chi connectivity index (χ1v) is 13.0. The highest BCUT2D eigenvalue weighted by Gasteiger charge is 2.24. The van der Waals surface area contributed by atoms with Gasteiger partial charge in [-0.3, -0.25) is 0 Å². The van der Waals surface area contributed by atoms with Crippen LogP contribution < -0.4 is 10.5 Å². The standard InChI is InChI=1S/C19H25N3O2S3/c20-27(23,24)12-10-13-5-7-14(8-6-13)21-19-22-18-15-3-1-2-4-16(15)25-11-9-17(18)26-19/h1-4,13-14H,5-12H2,(H,21,22)(H2,20,23,24). The fourth-order valence-electron chi connectivity index (χ4n) is 3.94. The first kappa shape index (κ1) is 19.2. The van der Waals surface area contributed by atoms with Crippen molar-refractivity contribution in [1.29, 1.82) is 0 Å². The fraction of sp³-hybridized carbons (Fsp3) is 0.526. The van der Waals surface area contributed by atoms with Crippen molar-refractivity contribution in [2.75, 3.05) is 16.8 Å². The second kappa shape index (κ2) is 8.11. The summed E-state index contributed by atoms with van der Waals surface area (Å²) in [5.41, 5.74) is 2.40. The number of rotatable bonds is 5. The molecule has 2 heterocycles. The van der Waals surface area contributed by atoms with Crippen molar-refractivity contribution in [1.82, 2.24) is 4.98 Å². The number of thiazole rings is 1. The summed E-state index contributed by atoms with van der Waals surface area (Å²) in [6.45, 7) is 0. The molecule has 146 valence electrons. The Balaban J connectivity index is 1.39. The first-order valence-electron chi connectivity index (χ1n) is 9.47. The highest BCUT2D eigenvalue weighted by molar-refractivity contribution is 7.99. The number of anilines is 1. The molecule has 0 radical (unpaired) electrons. The van der Waals surface area contributed by atoms with Gasteiger partial charge in [-0.25, -0.2) is 18.5 Å². The highest BCUT2D eigenvalue weighted by atomic mass is 32.2. The van der Waals surface area contributed by atoms with Gasteiger partial charge in [0.1, 0.15) is 0 Å². The highest BCUT2D eigenvalue weighted by Crippen LogP contribution is 2.41. The van der Waals surface area contributed by atoms with E-state index in [1.807, 2.05) is 11.8 Å². The number of thioether (sulfide) groups is 1. The third-order valence-electron chi connectivity index (χ3n) is 5.41. The van der Waals surface area contributed by atoms with Crippen molar-refractivity contribution < 1.29 is 8.42 Å². The van der Waals surface area contributed by atoms with Crippen LogP contribution in [0.25, 0.3) is 11.3 Å². The van der Waals surface area contributed by atoms with Crippen LogP contribution in [0.4, 0.5) is 5.13 Å². The maximum atomic E-state index is 11.1. The Morgan fingerprint density at radius 3 is 2.74 bits per heavy atom. The lowest BCUT2D eigenvalue weighted by molar-refractivity contribution is 0.330. The van der Waals surface area contributed by atoms with Crippen LogP contribution in [0.1, 0.15) is 37.0 Å². The van der Waals surface area contributed by atoms with E-state index in [9.17, 15) is 8.42 Å². The molecule has 1 aliphatic carbocycles. The Morgan fingerprint density at radius 2 is 1.96 bits per heavy atom. The van der Waals surface area contributed by atoms with Crippen LogP contribution in [0.2, 0.25) is 0 Å². The SMILES string of the molecule is NS(=O)(=O)CCC1CCC(Nc2nc3c(s2)CCSc2ccccc2-3)CC1. The predicted molar refractivity (Wildman–Crippen MR) is 114 cm³/mol. The molecule has 0 atom stereocenters. The summed E-state index contributed by atoms with van der Waals surface area (Å²) in [5, 5.41) is 9.79. The van der Waals surface area contributed by atoms with Crippen molar-refractivity contribution >= 4 is 38.3 Å². The Morgan fingerprint density at radius 1 is 1.19 bits per heavy atom. The molecule has 1 saturated carbocycles. The molecule has 1 aromatic heterocycles. The summed E-state index contributed by atoms with van der Waals surface area (Å²) < 4.78 is 22.3. The molecule has 2 aliphatic rings. The number of aryl methyl sites for hydroxylation is 1. The quantitative estimate of drug-likeness (QED) is 0.756. The molecule has 0 bridgehead atoms. The summed E-state index contributed by atoms with van der Waals surface area (Å²) in [5.74, 6) is 1.67. The number of benzene rings is 1. The summed E-state index contributed by atoms with van der Waals surface area (Å²) in [4.78, 5) is 7.63. The van der Waals surface area contributed by atoms with Gasteiger partial charge < -0.3 is 5.32 Å². The van der Waals surface area contributed by atoms with Gasteiger partial charge in [0, 0.05) is 27.1 Å². The molecule has 1 aromatic carbocycles. The van der Waals surface area contributed by atoms with Crippen LogP contribution >= 0.6 is 23.1 Å². The number of sulfonamides is 1. The smallest absolute Gasteiger partial charge is 0.209 e. The van der Waals surface area contributed by atoms with E-state index < -0.39 is 10.0 Å². The second-order valence-electron chi connectivity index (χ2n) is 7.40. The van der Waals surface area contributed by atoms with Gasteiger partial charge in [-0.15, -0.1) is 23.1 Å². The maximum Gasteiger partial charge on any atom is 0.209 e. The number of hydrogen-bond acceptors (Lipinski definition) is 6. The molecule has 2 aromatic rings. The molecule has 27 heavy (non-hydrogen) atoms. The minimum atomic E-state index is -3.34. The zero-order chi connectivity index (χ0) is 18.9. The first-order chi connectivity index (χ1) is 13.0. The van der Waals surface area contributed by atoms with E-state index in [0.717, 1.165) is 48.7 Å². The summed E-state index contributed by atoms with van der Waals surface area (Å²) in [6.07, 6.45) is 5.98. The van der Waals surface area contributed by atoms with Crippen LogP contribution in [-0.4, -0.2) is 30.9 Å². The molecule has 4 rings (SSSR count). The monoisotopic (exact) mass is 423 g/mol. The zero-order valence-electron chi connectivity index (χ0n) is 15.2. The summed E-state index contributed by atoms with van der Waals surface area (Å²) in [6, 6.07) is 8.97. The van der Waals surface area contributed by atoms with E-state index in [1.165, 1.54) is 15.3 Å². The van der Waals surface area contributed by atoms with Crippen LogP contribution in [0.3, 0.4) is 0 Å². The molecule has 0 saturated heterocycles. The summed E-state index contributed by atoms with van der Waals surface area (Å²) in [7, 11) is -3.34. The fourth-order valence-corrected chi connectivity index (χ4v) is 6.80. The molecular formula is C19H25N3O2S3. The van der Waals surface area contributed by atoms with Gasteiger partial charge in [0.15, 0.2) is 5.13 Å². The van der Waals surface area contributed by atoms with Gasteiger partial charge in [-0.2, -0.15) is 0 Å². The van der Waals surface area contributed by atoms with E-state index in [-0.39, 0.29) is 5.75 Å². The van der Waals surface area contributed by atoms with Crippen molar-refractivity contribution in [3.05, 3.63) is 29.1 Å². The van der Waals surface area contributed by atoms with E-state index in [1.54, 1.807) is 11.3 Å². The average Bonchev–Trinajstić information content (AvgIpc) is 2.95. The molecule has 8 heteroatoms. The van der Waals surface area contributed by atoms with Crippen LogP contribution in [0, 0.1) is 5.92 Å². The summed E-state index contributed by atoms with van der Waals surface area (Å²) >= 11 is 3.70. The Kier molecular flexibility index (Phi) is 5.78. The number of primary sulfonamides is 1. The predicted octanol–water partition coefficient (Wildman–Crippen LogP) is 4.11. The lowest BCUT2D eigenvalue weighted by Crippen LogP contribution is -2.27. The largest absolute Gasteiger partial charge is 0.359 e. The van der Waals surface area contributed by atoms with Gasteiger partial charge in [0.25, 0.3) is 0 Å². The van der Waals surface area contributed by atoms with Crippen molar-refractivity contribution in [3.63, 3.8) is 0 Å². The minimum absolute atomic E-state index is 0.104. The van der Waals surface area contributed by atoms with Gasteiger partial charge in [0.05, 0.1) is 11.4 Å². The molecule has 1 fully saturated rings. The molecule has 0 unspecified atom stereocenters. The minimum Gasteiger partial charge on any atom is -0.359 e. The molecule has 1 aliphatic heterocycles. The molecular weight excluding hydrogens is 398 g/mol. The molecule has 5 nitrogen and oxygen atoms in total. The van der Waals surface area contributed by atoms with Crippen molar-refractivity contribution in [2.45, 2.75) is 49.5 Å². The number of nitrogens with zero attached hydrogens (tertiary/aromatic N) is 1. The Hall–Kier alpha value is -1.09. The molecule has 3 N–H and O–H groups in total. The lowest BCUT2D eigenvalue weighted by atomic mass is 9.84. The Labute approximate surface area is 169 Å². The lowest BCUT2D eigenvalue weighted by Gasteiger charge is -2.28. The number of aromatic nitrogens is 1. The van der Waals surface area contributed by atoms with Crippen LogP contribution in [0.15, 0.2) is 29.2 Å². The maximum absolute atomic E-state index is 11.1. The number of fused-ring (bicyclic) bond motifs is 3. The van der Waals surface area contributed by atoms with Gasteiger partial charge >= 0.3 is 0 Å². The third-order valence-corrected chi connectivity index (χ3v) is 8.34. The van der Waals surface area contributed by atoms with E-state index in [0.29, 0.717) is 18.4 Å². The molecule has 0 amide bonds. The van der Waals surface area contributed by atoms with Gasteiger partial charge in [-0.1, -0.05) is 18.2 Å². The van der Waals surface area contributed by atoms with Crippen molar-refractivity contribution in [3.8, 4) is 11.3 Å². The van der Waals surface area contributed by atoms with Crippen LogP contribution in [-0.2, 0) is 16.4 Å². The average molecular weight is 424 g/mol. The third kappa shape index (κ3) is 4.85.